The molecule has 2 aromatic rings. The largest absolute Gasteiger partial charge is 0.368 e. The van der Waals surface area contributed by atoms with Crippen LogP contribution in [-0.2, 0) is 12.8 Å². The highest BCUT2D eigenvalue weighted by atomic mass is 35.5. The molecule has 1 N–H and O–H groups in total. The number of hydrogen-bond donors (Lipinski definition) is 1. The smallest absolute Gasteiger partial charge is 0.289 e. The number of aryl methyl sites for hydroxylation is 1. The maximum absolute atomic E-state index is 10.6. The molecule has 0 amide bonds. The van der Waals surface area contributed by atoms with E-state index < -0.39 is 4.92 Å². The third kappa shape index (κ3) is 3.64. The Bertz CT molecular complexity index is 617. The minimum absolute atomic E-state index is 0.118. The summed E-state index contributed by atoms with van der Waals surface area (Å²) in [6.45, 7) is 2.72. The first-order chi connectivity index (χ1) is 9.60. The zero-order chi connectivity index (χ0) is 14.5. The van der Waals surface area contributed by atoms with E-state index in [1.165, 1.54) is 17.1 Å². The van der Waals surface area contributed by atoms with E-state index in [1.807, 2.05) is 6.20 Å². The van der Waals surface area contributed by atoms with Crippen LogP contribution in [-0.4, -0.2) is 21.4 Å². The summed E-state index contributed by atoms with van der Waals surface area (Å²) in [5.41, 5.74) is -0.118. The van der Waals surface area contributed by atoms with Gasteiger partial charge in [0.25, 0.3) is 5.69 Å². The van der Waals surface area contributed by atoms with E-state index in [0.29, 0.717) is 12.4 Å². The van der Waals surface area contributed by atoms with Crippen molar-refractivity contribution in [3.8, 4) is 0 Å². The maximum Gasteiger partial charge on any atom is 0.289 e. The highest BCUT2D eigenvalue weighted by Gasteiger charge is 2.10. The summed E-state index contributed by atoms with van der Waals surface area (Å²) in [7, 11) is 0. The van der Waals surface area contributed by atoms with Crippen LogP contribution in [0.4, 0.5) is 11.5 Å². The lowest BCUT2D eigenvalue weighted by Gasteiger charge is -2.05. The van der Waals surface area contributed by atoms with Crippen LogP contribution in [0.15, 0.2) is 18.5 Å². The lowest BCUT2D eigenvalue weighted by atomic mass is 10.4. The molecule has 106 valence electrons. The standard InChI is InChI=1S/C12H13ClN4O2S/c1-2-9-7-15-11(20-9)3-4-14-12-10(13)5-8(6-16-12)17(18)19/h5-7H,2-4H2,1H3,(H,14,16). The number of pyridine rings is 1. The molecular weight excluding hydrogens is 300 g/mol. The van der Waals surface area contributed by atoms with Gasteiger partial charge in [0.2, 0.25) is 0 Å². The SMILES string of the molecule is CCc1cnc(CCNc2ncc([N+](=O)[O-])cc2Cl)s1. The van der Waals surface area contributed by atoms with Crippen molar-refractivity contribution in [1.29, 1.82) is 0 Å². The van der Waals surface area contributed by atoms with Gasteiger partial charge in [-0.25, -0.2) is 9.97 Å². The van der Waals surface area contributed by atoms with E-state index in [0.717, 1.165) is 17.8 Å². The summed E-state index contributed by atoms with van der Waals surface area (Å²) in [6.07, 6.45) is 4.82. The highest BCUT2D eigenvalue weighted by Crippen LogP contribution is 2.23. The molecule has 2 heterocycles. The van der Waals surface area contributed by atoms with Crippen molar-refractivity contribution < 1.29 is 4.92 Å². The lowest BCUT2D eigenvalue weighted by Crippen LogP contribution is -2.06. The molecule has 0 spiro atoms. The first-order valence-corrected chi connectivity index (χ1v) is 7.27. The van der Waals surface area contributed by atoms with Gasteiger partial charge in [-0.05, 0) is 6.42 Å². The number of nitrogens with zero attached hydrogens (tertiary/aromatic N) is 3. The van der Waals surface area contributed by atoms with Gasteiger partial charge >= 0.3 is 0 Å². The van der Waals surface area contributed by atoms with E-state index in [4.69, 9.17) is 11.6 Å². The molecule has 0 unspecified atom stereocenters. The number of aromatic nitrogens is 2. The number of halogens is 1. The number of nitrogens with one attached hydrogen (secondary N) is 1. The van der Waals surface area contributed by atoms with Gasteiger partial charge in [-0.2, -0.15) is 0 Å². The predicted molar refractivity (Wildman–Crippen MR) is 79.6 cm³/mol. The number of thiazole rings is 1. The average Bonchev–Trinajstić information content (AvgIpc) is 2.88. The predicted octanol–water partition coefficient (Wildman–Crippen LogP) is 3.32. The van der Waals surface area contributed by atoms with Crippen LogP contribution in [0.2, 0.25) is 5.02 Å². The summed E-state index contributed by atoms with van der Waals surface area (Å²) in [4.78, 5) is 19.6. The minimum Gasteiger partial charge on any atom is -0.368 e. The third-order valence-corrected chi connectivity index (χ3v) is 4.11. The summed E-state index contributed by atoms with van der Waals surface area (Å²) >= 11 is 7.62. The van der Waals surface area contributed by atoms with Gasteiger partial charge in [0.05, 0.1) is 15.0 Å². The summed E-state index contributed by atoms with van der Waals surface area (Å²) in [6, 6.07) is 1.29. The molecular formula is C12H13ClN4O2S. The van der Waals surface area contributed by atoms with Gasteiger partial charge in [0, 0.05) is 30.1 Å². The van der Waals surface area contributed by atoms with E-state index in [9.17, 15) is 10.1 Å². The van der Waals surface area contributed by atoms with Gasteiger partial charge in [-0.15, -0.1) is 11.3 Å². The maximum atomic E-state index is 10.6. The Balaban J connectivity index is 1.92. The Morgan fingerprint density at radius 2 is 2.25 bits per heavy atom. The molecule has 20 heavy (non-hydrogen) atoms. The molecule has 0 saturated heterocycles. The van der Waals surface area contributed by atoms with Crippen molar-refractivity contribution in [3.05, 3.63) is 43.5 Å². The number of anilines is 1. The van der Waals surface area contributed by atoms with Crippen molar-refractivity contribution in [2.75, 3.05) is 11.9 Å². The fraction of sp³-hybridized carbons (Fsp3) is 0.333. The molecule has 0 aromatic carbocycles. The molecule has 8 heteroatoms. The molecule has 6 nitrogen and oxygen atoms in total. The molecule has 0 radical (unpaired) electrons. The summed E-state index contributed by atoms with van der Waals surface area (Å²) < 4.78 is 0. The quantitative estimate of drug-likeness (QED) is 0.653. The van der Waals surface area contributed by atoms with Crippen LogP contribution in [0, 0.1) is 10.1 Å². The molecule has 0 aliphatic carbocycles. The topological polar surface area (TPSA) is 81.0 Å². The van der Waals surface area contributed by atoms with Crippen LogP contribution in [0.25, 0.3) is 0 Å². The van der Waals surface area contributed by atoms with E-state index in [-0.39, 0.29) is 10.7 Å². The number of rotatable bonds is 6. The van der Waals surface area contributed by atoms with Crippen LogP contribution >= 0.6 is 22.9 Å². The van der Waals surface area contributed by atoms with E-state index >= 15 is 0 Å². The summed E-state index contributed by atoms with van der Waals surface area (Å²) in [5, 5.41) is 14.9. The Hall–Kier alpha value is -1.73. The van der Waals surface area contributed by atoms with Crippen molar-refractivity contribution in [3.63, 3.8) is 0 Å². The van der Waals surface area contributed by atoms with E-state index in [2.05, 4.69) is 22.2 Å². The third-order valence-electron chi connectivity index (χ3n) is 2.62. The normalized spacial score (nSPS) is 10.5. The Morgan fingerprint density at radius 1 is 1.45 bits per heavy atom. The number of hydrogen-bond acceptors (Lipinski definition) is 6. The lowest BCUT2D eigenvalue weighted by molar-refractivity contribution is -0.385. The average molecular weight is 313 g/mol. The second-order valence-electron chi connectivity index (χ2n) is 4.03. The Kier molecular flexibility index (Phi) is 4.86. The van der Waals surface area contributed by atoms with Crippen molar-refractivity contribution in [2.24, 2.45) is 0 Å². The molecule has 0 atom stereocenters. The zero-order valence-electron chi connectivity index (χ0n) is 10.8. The van der Waals surface area contributed by atoms with Gasteiger partial charge in [0.1, 0.15) is 12.0 Å². The second kappa shape index (κ2) is 6.62. The molecule has 0 aliphatic rings. The van der Waals surface area contributed by atoms with Gasteiger partial charge in [-0.1, -0.05) is 18.5 Å². The van der Waals surface area contributed by atoms with Gasteiger partial charge in [0.15, 0.2) is 0 Å². The molecule has 0 fully saturated rings. The Morgan fingerprint density at radius 3 is 2.85 bits per heavy atom. The number of nitro groups is 1. The van der Waals surface area contributed by atoms with Crippen LogP contribution in [0.3, 0.4) is 0 Å². The van der Waals surface area contributed by atoms with Crippen molar-refractivity contribution >= 4 is 34.4 Å². The zero-order valence-corrected chi connectivity index (χ0v) is 12.4. The minimum atomic E-state index is -0.523. The fourth-order valence-electron chi connectivity index (χ4n) is 1.57. The van der Waals surface area contributed by atoms with Crippen LogP contribution in [0.5, 0.6) is 0 Å². The molecule has 2 aromatic heterocycles. The Labute approximate surface area is 125 Å². The first-order valence-electron chi connectivity index (χ1n) is 6.07. The molecule has 2 rings (SSSR count). The van der Waals surface area contributed by atoms with Crippen LogP contribution in [0.1, 0.15) is 16.8 Å². The van der Waals surface area contributed by atoms with Crippen molar-refractivity contribution in [2.45, 2.75) is 19.8 Å². The molecule has 0 saturated carbocycles. The first kappa shape index (κ1) is 14.7. The van der Waals surface area contributed by atoms with Gasteiger partial charge < -0.3 is 5.32 Å². The van der Waals surface area contributed by atoms with Gasteiger partial charge in [-0.3, -0.25) is 10.1 Å². The van der Waals surface area contributed by atoms with Crippen LogP contribution < -0.4 is 5.32 Å². The molecule has 0 aliphatic heterocycles. The second-order valence-corrected chi connectivity index (χ2v) is 5.64. The monoisotopic (exact) mass is 312 g/mol. The summed E-state index contributed by atoms with van der Waals surface area (Å²) in [5.74, 6) is 0.449. The van der Waals surface area contributed by atoms with E-state index in [1.54, 1.807) is 11.3 Å². The highest BCUT2D eigenvalue weighted by molar-refractivity contribution is 7.11. The van der Waals surface area contributed by atoms with Crippen molar-refractivity contribution in [1.82, 2.24) is 9.97 Å². The fourth-order valence-corrected chi connectivity index (χ4v) is 2.66. The molecule has 0 bridgehead atoms.